The largest absolute Gasteiger partial charge is 0.508 e. The third-order valence-electron chi connectivity index (χ3n) is 12.6. The Morgan fingerprint density at radius 3 is 1.29 bits per heavy atom. The van der Waals surface area contributed by atoms with Crippen LogP contribution in [-0.2, 0) is 5.41 Å². The Morgan fingerprint density at radius 2 is 0.746 bits per heavy atom. The van der Waals surface area contributed by atoms with Crippen LogP contribution in [0.5, 0.6) is 5.75 Å². The Balaban J connectivity index is 1.21. The molecule has 10 rings (SSSR count). The van der Waals surface area contributed by atoms with Gasteiger partial charge in [-0.1, -0.05) is 141 Å². The molecule has 1 N–H and O–H groups in total. The molecule has 0 bridgehead atoms. The molecular formula is C60H50N2O. The third kappa shape index (κ3) is 7.57. The van der Waals surface area contributed by atoms with E-state index in [0.717, 1.165) is 61.9 Å². The van der Waals surface area contributed by atoms with Gasteiger partial charge in [0.2, 0.25) is 0 Å². The number of fused-ring (bicyclic) bond motifs is 3. The van der Waals surface area contributed by atoms with Crippen molar-refractivity contribution in [1.29, 1.82) is 0 Å². The first-order valence-corrected chi connectivity index (χ1v) is 21.8. The summed E-state index contributed by atoms with van der Waals surface area (Å²) in [6.45, 7) is 11.1. The number of hydrogen-bond donors (Lipinski definition) is 1. The molecule has 0 aromatic heterocycles. The van der Waals surface area contributed by atoms with E-state index in [9.17, 15) is 5.11 Å². The molecule has 0 aliphatic heterocycles. The maximum Gasteiger partial charge on any atom is 0.117 e. The van der Waals surface area contributed by atoms with Crippen LogP contribution >= 0.6 is 0 Å². The average molecular weight is 815 g/mol. The van der Waals surface area contributed by atoms with E-state index in [1.807, 2.05) is 25.1 Å². The van der Waals surface area contributed by atoms with E-state index in [0.29, 0.717) is 0 Å². The monoisotopic (exact) mass is 814 g/mol. The lowest BCUT2D eigenvalue weighted by atomic mass is 9.81. The highest BCUT2D eigenvalue weighted by atomic mass is 16.3. The number of hydrogen-bond acceptors (Lipinski definition) is 3. The summed E-state index contributed by atoms with van der Waals surface area (Å²) < 4.78 is 0. The predicted octanol–water partition coefficient (Wildman–Crippen LogP) is 16.6. The van der Waals surface area contributed by atoms with Crippen molar-refractivity contribution in [2.24, 2.45) is 0 Å². The second-order valence-electron chi connectivity index (χ2n) is 17.5. The molecule has 0 spiro atoms. The van der Waals surface area contributed by atoms with Crippen LogP contribution in [0.1, 0.15) is 41.7 Å². The summed E-state index contributed by atoms with van der Waals surface area (Å²) in [6.07, 6.45) is 0. The topological polar surface area (TPSA) is 26.7 Å². The van der Waals surface area contributed by atoms with Crippen LogP contribution < -0.4 is 9.80 Å². The molecule has 306 valence electrons. The Kier molecular flexibility index (Phi) is 10.0. The fourth-order valence-corrected chi connectivity index (χ4v) is 9.62. The Labute approximate surface area is 371 Å². The fourth-order valence-electron chi connectivity index (χ4n) is 9.62. The summed E-state index contributed by atoms with van der Waals surface area (Å²) in [5.74, 6) is 0.225. The van der Waals surface area contributed by atoms with Gasteiger partial charge in [0, 0.05) is 39.9 Å². The molecule has 0 atom stereocenters. The van der Waals surface area contributed by atoms with Gasteiger partial charge in [0.05, 0.1) is 5.69 Å². The maximum absolute atomic E-state index is 11.1. The SMILES string of the molecule is Cc1cc(C)cc(N(c2ccc(-c3ccccc3)cc2)c2cc(-c3ccc4c(c3)C(C)(C)c3ccccc3-4)cc(N(c3ccc(-c4ccccc4)cc3)c3cc(C)cc(O)c3)c2)c1. The maximum atomic E-state index is 11.1. The fraction of sp³-hybridized carbons (Fsp3) is 0.100. The van der Waals surface area contributed by atoms with Crippen molar-refractivity contribution in [3.8, 4) is 50.3 Å². The van der Waals surface area contributed by atoms with Crippen LogP contribution in [0.3, 0.4) is 0 Å². The second kappa shape index (κ2) is 16.0. The summed E-state index contributed by atoms with van der Waals surface area (Å²) in [4.78, 5) is 4.67. The van der Waals surface area contributed by atoms with Crippen LogP contribution in [-0.4, -0.2) is 5.11 Å². The molecule has 3 heteroatoms. The molecule has 0 radical (unpaired) electrons. The number of benzene rings is 9. The first-order chi connectivity index (χ1) is 30.6. The van der Waals surface area contributed by atoms with Gasteiger partial charge in [0.1, 0.15) is 5.75 Å². The molecule has 0 fully saturated rings. The molecule has 9 aromatic rings. The van der Waals surface area contributed by atoms with E-state index in [2.05, 4.69) is 226 Å². The van der Waals surface area contributed by atoms with Crippen molar-refractivity contribution in [3.05, 3.63) is 234 Å². The molecule has 3 nitrogen and oxygen atoms in total. The number of anilines is 6. The van der Waals surface area contributed by atoms with E-state index in [-0.39, 0.29) is 11.2 Å². The Bertz CT molecular complexity index is 2920. The first kappa shape index (κ1) is 39.5. The number of aromatic hydroxyl groups is 1. The highest BCUT2D eigenvalue weighted by Crippen LogP contribution is 2.51. The van der Waals surface area contributed by atoms with Crippen molar-refractivity contribution in [3.63, 3.8) is 0 Å². The van der Waals surface area contributed by atoms with Gasteiger partial charge in [-0.2, -0.15) is 0 Å². The minimum Gasteiger partial charge on any atom is -0.508 e. The quantitative estimate of drug-likeness (QED) is 0.157. The van der Waals surface area contributed by atoms with Gasteiger partial charge in [-0.3, -0.25) is 0 Å². The van der Waals surface area contributed by atoms with Crippen molar-refractivity contribution < 1.29 is 5.11 Å². The van der Waals surface area contributed by atoms with Crippen LogP contribution in [0.15, 0.2) is 206 Å². The van der Waals surface area contributed by atoms with E-state index >= 15 is 0 Å². The van der Waals surface area contributed by atoms with Gasteiger partial charge >= 0.3 is 0 Å². The molecule has 0 amide bonds. The van der Waals surface area contributed by atoms with Crippen molar-refractivity contribution in [1.82, 2.24) is 0 Å². The average Bonchev–Trinajstić information content (AvgIpc) is 3.52. The molecule has 0 unspecified atom stereocenters. The van der Waals surface area contributed by atoms with E-state index in [1.54, 1.807) is 0 Å². The Morgan fingerprint density at radius 1 is 0.317 bits per heavy atom. The van der Waals surface area contributed by atoms with Gasteiger partial charge in [0.25, 0.3) is 0 Å². The van der Waals surface area contributed by atoms with Gasteiger partial charge in [-0.05, 0) is 166 Å². The van der Waals surface area contributed by atoms with Gasteiger partial charge in [0.15, 0.2) is 0 Å². The first-order valence-electron chi connectivity index (χ1n) is 21.8. The zero-order valence-electron chi connectivity index (χ0n) is 36.5. The van der Waals surface area contributed by atoms with Gasteiger partial charge < -0.3 is 14.9 Å². The van der Waals surface area contributed by atoms with Crippen LogP contribution in [0.25, 0.3) is 44.5 Å². The third-order valence-corrected chi connectivity index (χ3v) is 12.6. The van der Waals surface area contributed by atoms with Crippen molar-refractivity contribution in [2.75, 3.05) is 9.80 Å². The normalized spacial score (nSPS) is 12.4. The zero-order valence-corrected chi connectivity index (χ0v) is 36.5. The summed E-state index contributed by atoms with van der Waals surface area (Å²) in [5, 5.41) is 11.1. The number of aryl methyl sites for hydroxylation is 3. The van der Waals surface area contributed by atoms with Crippen molar-refractivity contribution >= 4 is 34.1 Å². The summed E-state index contributed by atoms with van der Waals surface area (Å²) >= 11 is 0. The van der Waals surface area contributed by atoms with E-state index < -0.39 is 0 Å². The Hall–Kier alpha value is -7.62. The molecule has 0 saturated carbocycles. The van der Waals surface area contributed by atoms with Crippen LogP contribution in [0, 0.1) is 20.8 Å². The predicted molar refractivity (Wildman–Crippen MR) is 266 cm³/mol. The summed E-state index contributed by atoms with van der Waals surface area (Å²) in [7, 11) is 0. The molecule has 0 heterocycles. The lowest BCUT2D eigenvalue weighted by Crippen LogP contribution is -2.15. The molecule has 63 heavy (non-hydrogen) atoms. The zero-order chi connectivity index (χ0) is 43.2. The number of phenols is 1. The summed E-state index contributed by atoms with van der Waals surface area (Å²) in [5.41, 5.74) is 21.4. The lowest BCUT2D eigenvalue weighted by Gasteiger charge is -2.31. The smallest absolute Gasteiger partial charge is 0.117 e. The summed E-state index contributed by atoms with van der Waals surface area (Å²) in [6, 6.07) is 74.1. The molecule has 9 aromatic carbocycles. The molecule has 1 aliphatic rings. The van der Waals surface area contributed by atoms with E-state index in [4.69, 9.17) is 0 Å². The molecular weight excluding hydrogens is 765 g/mol. The number of nitrogens with zero attached hydrogens (tertiary/aromatic N) is 2. The van der Waals surface area contributed by atoms with Crippen molar-refractivity contribution in [2.45, 2.75) is 40.0 Å². The minimum absolute atomic E-state index is 0.153. The highest BCUT2D eigenvalue weighted by Gasteiger charge is 2.35. The number of rotatable bonds is 9. The second-order valence-corrected chi connectivity index (χ2v) is 17.5. The van der Waals surface area contributed by atoms with Crippen LogP contribution in [0.2, 0.25) is 0 Å². The van der Waals surface area contributed by atoms with Gasteiger partial charge in [-0.15, -0.1) is 0 Å². The minimum atomic E-state index is -0.153. The van der Waals surface area contributed by atoms with Crippen LogP contribution in [0.4, 0.5) is 34.1 Å². The lowest BCUT2D eigenvalue weighted by molar-refractivity contribution is 0.475. The van der Waals surface area contributed by atoms with E-state index in [1.165, 1.54) is 44.5 Å². The molecule has 0 saturated heterocycles. The standard InChI is InChI=1S/C60H50N2O/c1-40-30-41(2)32-51(31-40)61(49-25-20-45(21-26-49)43-14-8-6-9-15-43)53-35-48(47-24-29-57-56-18-12-13-19-58(56)60(4,5)59(57)37-47)36-54(38-53)62(52-33-42(3)34-55(63)39-52)50-27-22-46(23-28-50)44-16-10-7-11-17-44/h6-39,63H,1-5H3. The highest BCUT2D eigenvalue weighted by molar-refractivity contribution is 5.90. The van der Waals surface area contributed by atoms with Gasteiger partial charge in [-0.25, -0.2) is 0 Å². The number of phenolic OH excluding ortho intramolecular Hbond substituents is 1. The molecule has 1 aliphatic carbocycles.